The fraction of sp³-hybridized carbons (Fsp3) is 0.952. The zero-order chi connectivity index (χ0) is 17.2. The van der Waals surface area contributed by atoms with Gasteiger partial charge in [-0.25, -0.2) is 0 Å². The van der Waals surface area contributed by atoms with Crippen LogP contribution in [0.15, 0.2) is 0 Å². The van der Waals surface area contributed by atoms with E-state index in [1.165, 1.54) is 89.9 Å². The molecule has 1 unspecified atom stereocenters. The van der Waals surface area contributed by atoms with Gasteiger partial charge in [-0.15, -0.1) is 0 Å². The lowest BCUT2D eigenvalue weighted by Gasteiger charge is -2.21. The minimum absolute atomic E-state index is 0.323. The molecule has 0 fully saturated rings. The van der Waals surface area contributed by atoms with Crippen LogP contribution in [0.25, 0.3) is 0 Å². The monoisotopic (exact) mass is 322 g/mol. The third kappa shape index (κ3) is 14.8. The fourth-order valence-corrected chi connectivity index (χ4v) is 2.93. The van der Waals surface area contributed by atoms with Crippen LogP contribution in [0.4, 0.5) is 0 Å². The summed E-state index contributed by atoms with van der Waals surface area (Å²) >= 11 is 0. The number of hydrogen-bond donors (Lipinski definition) is 1. The van der Waals surface area contributed by atoms with Crippen LogP contribution >= 0.6 is 0 Å². The fourth-order valence-electron chi connectivity index (χ4n) is 2.93. The van der Waals surface area contributed by atoms with Crippen molar-refractivity contribution in [2.45, 2.75) is 123 Å². The average Bonchev–Trinajstić information content (AvgIpc) is 2.58. The van der Waals surface area contributed by atoms with Crippen molar-refractivity contribution in [2.75, 3.05) is 6.54 Å². The molecular weight excluding hydrogens is 280 g/mol. The molecule has 0 aliphatic heterocycles. The van der Waals surface area contributed by atoms with E-state index in [2.05, 4.69) is 25.2 Å². The van der Waals surface area contributed by atoms with Gasteiger partial charge in [0.1, 0.15) is 5.54 Å². The second kappa shape index (κ2) is 16.3. The minimum atomic E-state index is -0.323. The number of nitrogens with zero attached hydrogens (tertiary/aromatic N) is 1. The number of nitriles is 1. The maximum Gasteiger partial charge on any atom is 0.103 e. The van der Waals surface area contributed by atoms with Crippen molar-refractivity contribution in [1.29, 1.82) is 5.26 Å². The summed E-state index contributed by atoms with van der Waals surface area (Å²) in [6, 6.07) is 2.37. The topological polar surface area (TPSA) is 35.8 Å². The largest absolute Gasteiger partial charge is 0.300 e. The van der Waals surface area contributed by atoms with Gasteiger partial charge in [0.15, 0.2) is 0 Å². The van der Waals surface area contributed by atoms with Crippen LogP contribution in [0, 0.1) is 11.3 Å². The van der Waals surface area contributed by atoms with Gasteiger partial charge < -0.3 is 0 Å². The minimum Gasteiger partial charge on any atom is -0.300 e. The van der Waals surface area contributed by atoms with Crippen molar-refractivity contribution in [1.82, 2.24) is 5.32 Å². The van der Waals surface area contributed by atoms with Gasteiger partial charge in [-0.3, -0.25) is 5.32 Å². The summed E-state index contributed by atoms with van der Waals surface area (Å²) in [6.07, 6.45) is 20.4. The smallest absolute Gasteiger partial charge is 0.103 e. The van der Waals surface area contributed by atoms with Crippen molar-refractivity contribution in [3.8, 4) is 6.07 Å². The molecule has 1 atom stereocenters. The highest BCUT2D eigenvalue weighted by atomic mass is 15.0. The first-order chi connectivity index (χ1) is 11.2. The van der Waals surface area contributed by atoms with E-state index < -0.39 is 0 Å². The van der Waals surface area contributed by atoms with Crippen LogP contribution in [0.2, 0.25) is 0 Å². The molecule has 23 heavy (non-hydrogen) atoms. The zero-order valence-electron chi connectivity index (χ0n) is 16.3. The molecule has 2 heteroatoms. The van der Waals surface area contributed by atoms with Gasteiger partial charge in [-0.05, 0) is 26.3 Å². The van der Waals surface area contributed by atoms with Gasteiger partial charge in [0.05, 0.1) is 6.07 Å². The number of hydrogen-bond acceptors (Lipinski definition) is 2. The predicted molar refractivity (Wildman–Crippen MR) is 103 cm³/mol. The summed E-state index contributed by atoms with van der Waals surface area (Å²) in [6.45, 7) is 7.33. The Morgan fingerprint density at radius 3 is 1.43 bits per heavy atom. The molecule has 0 bridgehead atoms. The molecule has 0 rings (SSSR count). The molecule has 0 aromatic rings. The summed E-state index contributed by atoms with van der Waals surface area (Å²) in [4.78, 5) is 0. The Labute approximate surface area is 146 Å². The Kier molecular flexibility index (Phi) is 15.9. The number of rotatable bonds is 17. The second-order valence-electron chi connectivity index (χ2n) is 7.32. The predicted octanol–water partition coefficient (Wildman–Crippen LogP) is 6.75. The number of unbranched alkanes of at least 4 members (excludes halogenated alkanes) is 13. The highest BCUT2D eigenvalue weighted by Gasteiger charge is 2.18. The van der Waals surface area contributed by atoms with Crippen LogP contribution in [-0.2, 0) is 0 Å². The number of nitrogens with one attached hydrogen (secondary N) is 1. The highest BCUT2D eigenvalue weighted by Crippen LogP contribution is 2.13. The van der Waals surface area contributed by atoms with Crippen LogP contribution in [-0.4, -0.2) is 12.1 Å². The summed E-state index contributed by atoms with van der Waals surface area (Å²) in [5.74, 6) is 0. The van der Waals surface area contributed by atoms with E-state index in [0.717, 1.165) is 13.0 Å². The van der Waals surface area contributed by atoms with E-state index >= 15 is 0 Å². The molecule has 0 heterocycles. The lowest BCUT2D eigenvalue weighted by atomic mass is 10.0. The SMILES string of the molecule is CCCCCCCCCCCCCCCCNC(C)(C#N)CC. The van der Waals surface area contributed by atoms with Gasteiger partial charge in [-0.2, -0.15) is 5.26 Å². The zero-order valence-corrected chi connectivity index (χ0v) is 16.3. The van der Waals surface area contributed by atoms with Crippen LogP contribution < -0.4 is 5.32 Å². The average molecular weight is 323 g/mol. The summed E-state index contributed by atoms with van der Waals surface area (Å²) in [7, 11) is 0. The molecule has 0 saturated heterocycles. The van der Waals surface area contributed by atoms with Crippen LogP contribution in [0.1, 0.15) is 117 Å². The molecule has 0 aliphatic carbocycles. The van der Waals surface area contributed by atoms with Crippen molar-refractivity contribution in [2.24, 2.45) is 0 Å². The Morgan fingerprint density at radius 1 is 0.696 bits per heavy atom. The summed E-state index contributed by atoms with van der Waals surface area (Å²) < 4.78 is 0. The van der Waals surface area contributed by atoms with Crippen molar-refractivity contribution in [3.63, 3.8) is 0 Å². The second-order valence-corrected chi connectivity index (χ2v) is 7.32. The Bertz CT molecular complexity index is 282. The third-order valence-electron chi connectivity index (χ3n) is 5.00. The first-order valence-corrected chi connectivity index (χ1v) is 10.3. The summed E-state index contributed by atoms with van der Waals surface area (Å²) in [5, 5.41) is 12.5. The van der Waals surface area contributed by atoms with Gasteiger partial charge in [0, 0.05) is 0 Å². The van der Waals surface area contributed by atoms with E-state index in [1.807, 2.05) is 6.92 Å². The normalized spacial score (nSPS) is 13.7. The molecule has 0 aromatic heterocycles. The first kappa shape index (κ1) is 22.4. The van der Waals surface area contributed by atoms with Gasteiger partial charge in [-0.1, -0.05) is 97.3 Å². The van der Waals surface area contributed by atoms with Crippen LogP contribution in [0.5, 0.6) is 0 Å². The molecule has 2 nitrogen and oxygen atoms in total. The summed E-state index contributed by atoms with van der Waals surface area (Å²) in [5.41, 5.74) is -0.323. The molecule has 0 aliphatic rings. The van der Waals surface area contributed by atoms with Crippen molar-refractivity contribution in [3.05, 3.63) is 0 Å². The standard InChI is InChI=1S/C21H42N2/c1-4-6-7-8-9-10-11-12-13-14-15-16-17-18-19-23-21(3,5-2)20-22/h23H,4-19H2,1-3H3. The van der Waals surface area contributed by atoms with E-state index in [4.69, 9.17) is 5.26 Å². The Morgan fingerprint density at radius 2 is 1.09 bits per heavy atom. The molecule has 136 valence electrons. The van der Waals surface area contributed by atoms with E-state index in [9.17, 15) is 0 Å². The third-order valence-corrected chi connectivity index (χ3v) is 5.00. The maximum atomic E-state index is 9.09. The molecule has 0 radical (unpaired) electrons. The molecular formula is C21H42N2. The lowest BCUT2D eigenvalue weighted by molar-refractivity contribution is 0.422. The maximum absolute atomic E-state index is 9.09. The van der Waals surface area contributed by atoms with Crippen molar-refractivity contribution < 1.29 is 0 Å². The molecule has 0 aromatic carbocycles. The molecule has 0 amide bonds. The molecule has 1 N–H and O–H groups in total. The van der Waals surface area contributed by atoms with E-state index in [1.54, 1.807) is 0 Å². The Balaban J connectivity index is 3.15. The quantitative estimate of drug-likeness (QED) is 0.301. The van der Waals surface area contributed by atoms with E-state index in [0.29, 0.717) is 0 Å². The molecule has 0 saturated carbocycles. The highest BCUT2D eigenvalue weighted by molar-refractivity contribution is 5.02. The van der Waals surface area contributed by atoms with Gasteiger partial charge in [0.2, 0.25) is 0 Å². The van der Waals surface area contributed by atoms with Gasteiger partial charge in [0.25, 0.3) is 0 Å². The van der Waals surface area contributed by atoms with E-state index in [-0.39, 0.29) is 5.54 Å². The van der Waals surface area contributed by atoms with Gasteiger partial charge >= 0.3 is 0 Å². The first-order valence-electron chi connectivity index (χ1n) is 10.3. The van der Waals surface area contributed by atoms with Crippen molar-refractivity contribution >= 4 is 0 Å². The molecule has 0 spiro atoms. The lowest BCUT2D eigenvalue weighted by Crippen LogP contribution is -2.40. The Hall–Kier alpha value is -0.550. The van der Waals surface area contributed by atoms with Crippen LogP contribution in [0.3, 0.4) is 0 Å².